The maximum Gasteiger partial charge on any atom is 0.417 e. The molecule has 0 bridgehead atoms. The minimum absolute atomic E-state index is 0.0376. The van der Waals surface area contributed by atoms with E-state index in [2.05, 4.69) is 31.4 Å². The van der Waals surface area contributed by atoms with E-state index in [9.17, 15) is 18.0 Å². The molecule has 11 heteroatoms. The minimum Gasteiger partial charge on any atom is -0.497 e. The van der Waals surface area contributed by atoms with Crippen molar-refractivity contribution in [1.29, 1.82) is 0 Å². The summed E-state index contributed by atoms with van der Waals surface area (Å²) >= 11 is 3.83. The van der Waals surface area contributed by atoms with Gasteiger partial charge < -0.3 is 14.5 Å². The van der Waals surface area contributed by atoms with Gasteiger partial charge in [0.1, 0.15) is 5.75 Å². The third-order valence-electron chi connectivity index (χ3n) is 3.63. The maximum atomic E-state index is 12.9. The summed E-state index contributed by atoms with van der Waals surface area (Å²) in [5, 5.41) is 10.3. The molecule has 0 saturated carbocycles. The Morgan fingerprint density at radius 3 is 2.59 bits per heavy atom. The number of nitrogens with one attached hydrogen (secondary N) is 1. The summed E-state index contributed by atoms with van der Waals surface area (Å²) in [6, 6.07) is 10.4. The molecule has 0 radical (unpaired) electrons. The predicted molar refractivity (Wildman–Crippen MR) is 105 cm³/mol. The van der Waals surface area contributed by atoms with Gasteiger partial charge in [-0.1, -0.05) is 27.7 Å². The van der Waals surface area contributed by atoms with Crippen LogP contribution in [0.15, 0.2) is 56.6 Å². The largest absolute Gasteiger partial charge is 0.497 e. The number of nitrogens with zero attached hydrogens (tertiary/aromatic N) is 2. The molecule has 1 N–H and O–H groups in total. The highest BCUT2D eigenvalue weighted by Crippen LogP contribution is 2.36. The number of rotatable bonds is 6. The van der Waals surface area contributed by atoms with Crippen LogP contribution >= 0.6 is 27.7 Å². The smallest absolute Gasteiger partial charge is 0.417 e. The number of benzene rings is 2. The van der Waals surface area contributed by atoms with Gasteiger partial charge in [0.2, 0.25) is 11.8 Å². The zero-order valence-electron chi connectivity index (χ0n) is 14.8. The molecule has 3 rings (SSSR count). The fraction of sp³-hybridized carbons (Fsp3) is 0.167. The van der Waals surface area contributed by atoms with Gasteiger partial charge in [0.25, 0.3) is 5.22 Å². The quantitative estimate of drug-likeness (QED) is 0.478. The number of anilines is 1. The average Bonchev–Trinajstić information content (AvgIpc) is 3.16. The molecule has 0 aliphatic carbocycles. The van der Waals surface area contributed by atoms with Crippen LogP contribution in [0.4, 0.5) is 18.9 Å². The molecular weight excluding hydrogens is 475 g/mol. The second-order valence-electron chi connectivity index (χ2n) is 5.63. The molecule has 0 spiro atoms. The monoisotopic (exact) mass is 487 g/mol. The molecule has 1 aromatic heterocycles. The Labute approximate surface area is 176 Å². The van der Waals surface area contributed by atoms with E-state index in [-0.39, 0.29) is 27.0 Å². The summed E-state index contributed by atoms with van der Waals surface area (Å²) in [6.07, 6.45) is -4.53. The molecule has 0 saturated heterocycles. The number of halogens is 4. The number of amides is 1. The zero-order valence-corrected chi connectivity index (χ0v) is 17.2. The van der Waals surface area contributed by atoms with Crippen LogP contribution in [-0.2, 0) is 11.0 Å². The predicted octanol–water partition coefficient (Wildman–Crippen LogP) is 5.26. The second kappa shape index (κ2) is 8.87. The summed E-state index contributed by atoms with van der Waals surface area (Å²) in [5.41, 5.74) is -0.149. The third-order valence-corrected chi connectivity index (χ3v) is 5.14. The van der Waals surface area contributed by atoms with Gasteiger partial charge >= 0.3 is 6.18 Å². The van der Waals surface area contributed by atoms with Gasteiger partial charge in [0.05, 0.1) is 18.4 Å². The highest BCUT2D eigenvalue weighted by atomic mass is 79.9. The number of aromatic nitrogens is 2. The minimum atomic E-state index is -4.53. The Kier molecular flexibility index (Phi) is 6.48. The van der Waals surface area contributed by atoms with Gasteiger partial charge in [-0.25, -0.2) is 0 Å². The number of carbonyl (C=O) groups is 1. The Morgan fingerprint density at radius 2 is 1.93 bits per heavy atom. The second-order valence-corrected chi connectivity index (χ2v) is 7.41. The standard InChI is InChI=1S/C18H13BrF3N3O3S/c1-27-12-5-2-10(3-6-12)16-24-25-17(28-16)29-9-15(26)23-11-4-7-14(19)13(8-11)18(20,21)22/h2-8H,9H2,1H3,(H,23,26). The van der Waals surface area contributed by atoms with E-state index in [1.807, 2.05) is 0 Å². The molecule has 29 heavy (non-hydrogen) atoms. The number of methoxy groups -OCH3 is 1. The SMILES string of the molecule is COc1ccc(-c2nnc(SCC(=O)Nc3ccc(Br)c(C(F)(F)F)c3)o2)cc1. The summed E-state index contributed by atoms with van der Waals surface area (Å²) < 4.78 is 49.3. The van der Waals surface area contributed by atoms with Gasteiger partial charge in [0, 0.05) is 15.7 Å². The van der Waals surface area contributed by atoms with E-state index >= 15 is 0 Å². The summed E-state index contributed by atoms with van der Waals surface area (Å²) in [5.74, 6) is 0.343. The van der Waals surface area contributed by atoms with E-state index in [1.165, 1.54) is 12.1 Å². The third kappa shape index (κ3) is 5.51. The van der Waals surface area contributed by atoms with Crippen LogP contribution < -0.4 is 10.1 Å². The molecule has 1 heterocycles. The Hall–Kier alpha value is -2.53. The molecule has 0 atom stereocenters. The van der Waals surface area contributed by atoms with Crippen LogP contribution in [0, 0.1) is 0 Å². The van der Waals surface area contributed by atoms with E-state index in [4.69, 9.17) is 9.15 Å². The lowest BCUT2D eigenvalue weighted by Crippen LogP contribution is -2.15. The van der Waals surface area contributed by atoms with Crippen molar-refractivity contribution < 1.29 is 27.1 Å². The Morgan fingerprint density at radius 1 is 1.21 bits per heavy atom. The van der Waals surface area contributed by atoms with E-state index < -0.39 is 17.6 Å². The van der Waals surface area contributed by atoms with Gasteiger partial charge in [-0.05, 0) is 42.5 Å². The first-order valence-electron chi connectivity index (χ1n) is 8.03. The molecule has 152 valence electrons. The lowest BCUT2D eigenvalue weighted by Gasteiger charge is -2.11. The van der Waals surface area contributed by atoms with E-state index in [1.54, 1.807) is 31.4 Å². The number of alkyl halides is 3. The molecule has 1 amide bonds. The van der Waals surface area contributed by atoms with Crippen LogP contribution in [0.3, 0.4) is 0 Å². The van der Waals surface area contributed by atoms with Crippen molar-refractivity contribution in [3.8, 4) is 17.2 Å². The molecule has 3 aromatic rings. The summed E-state index contributed by atoms with van der Waals surface area (Å²) in [6.45, 7) is 0. The van der Waals surface area contributed by atoms with Crippen LogP contribution in [-0.4, -0.2) is 29.0 Å². The van der Waals surface area contributed by atoms with Crippen molar-refractivity contribution in [2.75, 3.05) is 18.2 Å². The number of carbonyl (C=O) groups excluding carboxylic acids is 1. The number of hydrogen-bond acceptors (Lipinski definition) is 6. The van der Waals surface area contributed by atoms with Crippen LogP contribution in [0.1, 0.15) is 5.56 Å². The highest BCUT2D eigenvalue weighted by Gasteiger charge is 2.33. The topological polar surface area (TPSA) is 77.2 Å². The van der Waals surface area contributed by atoms with E-state index in [0.717, 1.165) is 17.8 Å². The first-order valence-corrected chi connectivity index (χ1v) is 9.81. The normalized spacial score (nSPS) is 11.3. The molecule has 0 aliphatic heterocycles. The molecule has 6 nitrogen and oxygen atoms in total. The van der Waals surface area contributed by atoms with Crippen molar-refractivity contribution in [2.45, 2.75) is 11.4 Å². The van der Waals surface area contributed by atoms with Crippen LogP contribution in [0.2, 0.25) is 0 Å². The van der Waals surface area contributed by atoms with Crippen molar-refractivity contribution in [3.05, 3.63) is 52.5 Å². The van der Waals surface area contributed by atoms with Crippen molar-refractivity contribution in [2.24, 2.45) is 0 Å². The molecular formula is C18H13BrF3N3O3S. The van der Waals surface area contributed by atoms with Gasteiger partial charge in [-0.3, -0.25) is 4.79 Å². The lowest BCUT2D eigenvalue weighted by atomic mass is 10.2. The van der Waals surface area contributed by atoms with Crippen molar-refractivity contribution in [1.82, 2.24) is 10.2 Å². The summed E-state index contributed by atoms with van der Waals surface area (Å²) in [7, 11) is 1.56. The Balaban J connectivity index is 1.59. The Bertz CT molecular complexity index is 1010. The number of hydrogen-bond donors (Lipinski definition) is 1. The van der Waals surface area contributed by atoms with Crippen molar-refractivity contribution >= 4 is 39.3 Å². The van der Waals surface area contributed by atoms with Crippen LogP contribution in [0.5, 0.6) is 5.75 Å². The van der Waals surface area contributed by atoms with Gasteiger partial charge in [-0.15, -0.1) is 10.2 Å². The number of thioether (sulfide) groups is 1. The van der Waals surface area contributed by atoms with Gasteiger partial charge in [-0.2, -0.15) is 13.2 Å². The first-order chi connectivity index (χ1) is 13.8. The fourth-order valence-corrected chi connectivity index (χ4v) is 3.30. The molecule has 0 fully saturated rings. The lowest BCUT2D eigenvalue weighted by molar-refractivity contribution is -0.138. The first kappa shape index (κ1) is 21.2. The fourth-order valence-electron chi connectivity index (χ4n) is 2.26. The highest BCUT2D eigenvalue weighted by molar-refractivity contribution is 9.10. The summed E-state index contributed by atoms with van der Waals surface area (Å²) in [4.78, 5) is 12.1. The number of ether oxygens (including phenoxy) is 1. The zero-order chi connectivity index (χ0) is 21.0. The molecule has 0 unspecified atom stereocenters. The van der Waals surface area contributed by atoms with Crippen molar-refractivity contribution in [3.63, 3.8) is 0 Å². The van der Waals surface area contributed by atoms with Gasteiger partial charge in [0.15, 0.2) is 0 Å². The van der Waals surface area contributed by atoms with Crippen LogP contribution in [0.25, 0.3) is 11.5 Å². The average molecular weight is 488 g/mol. The molecule has 2 aromatic carbocycles. The van der Waals surface area contributed by atoms with E-state index in [0.29, 0.717) is 11.3 Å². The molecule has 0 aliphatic rings. The maximum absolute atomic E-state index is 12.9.